The lowest BCUT2D eigenvalue weighted by Crippen LogP contribution is -2.14. The van der Waals surface area contributed by atoms with Crippen LogP contribution >= 0.6 is 11.6 Å². The molecule has 0 unspecified atom stereocenters. The van der Waals surface area contributed by atoms with Crippen LogP contribution in [0.25, 0.3) is 0 Å². The first-order chi connectivity index (χ1) is 16.7. The molecule has 0 saturated carbocycles. The van der Waals surface area contributed by atoms with E-state index in [9.17, 15) is 14.9 Å². The van der Waals surface area contributed by atoms with E-state index < -0.39 is 4.92 Å². The monoisotopic (exact) mass is 492 g/mol. The third-order valence-electron chi connectivity index (χ3n) is 5.95. The third-order valence-corrected chi connectivity index (χ3v) is 6.31. The van der Waals surface area contributed by atoms with Crippen LogP contribution in [0.1, 0.15) is 44.3 Å². The van der Waals surface area contributed by atoms with E-state index in [0.717, 1.165) is 16.8 Å². The normalized spacial score (nSPS) is 11.0. The van der Waals surface area contributed by atoms with Crippen LogP contribution in [0, 0.1) is 37.8 Å². The Balaban J connectivity index is 1.53. The Morgan fingerprint density at radius 3 is 2.34 bits per heavy atom. The fourth-order valence-corrected chi connectivity index (χ4v) is 4.29. The van der Waals surface area contributed by atoms with E-state index in [1.165, 1.54) is 0 Å². The molecule has 2 heterocycles. The lowest BCUT2D eigenvalue weighted by molar-refractivity contribution is -0.386. The summed E-state index contributed by atoms with van der Waals surface area (Å²) in [7, 11) is 0. The number of nitrogens with zero attached hydrogens (tertiary/aromatic N) is 5. The van der Waals surface area contributed by atoms with Crippen LogP contribution < -0.4 is 5.32 Å². The fourth-order valence-electron chi connectivity index (χ4n) is 4.09. The average Bonchev–Trinajstić information content (AvgIpc) is 3.24. The number of hydrogen-bond donors (Lipinski definition) is 1. The highest BCUT2D eigenvalue weighted by molar-refractivity contribution is 6.31. The van der Waals surface area contributed by atoms with Gasteiger partial charge in [-0.05, 0) is 57.0 Å². The highest BCUT2D eigenvalue weighted by atomic mass is 35.5. The SMILES string of the molecule is Cc1nn(Cc2ccccc2Cl)c(C)c1NC(=O)c1cccc(Cn2nc(C)c([N+](=O)[O-])c2C)c1. The van der Waals surface area contributed by atoms with Gasteiger partial charge in [-0.15, -0.1) is 0 Å². The summed E-state index contributed by atoms with van der Waals surface area (Å²) in [5, 5.41) is 23.8. The van der Waals surface area contributed by atoms with Gasteiger partial charge in [-0.2, -0.15) is 10.2 Å². The number of carbonyl (C=O) groups excluding carboxylic acids is 1. The molecule has 0 spiro atoms. The first-order valence-corrected chi connectivity index (χ1v) is 11.4. The molecule has 1 N–H and O–H groups in total. The van der Waals surface area contributed by atoms with E-state index in [-0.39, 0.29) is 11.6 Å². The van der Waals surface area contributed by atoms with Crippen molar-refractivity contribution in [2.24, 2.45) is 0 Å². The van der Waals surface area contributed by atoms with Gasteiger partial charge in [0.05, 0.1) is 35.1 Å². The van der Waals surface area contributed by atoms with E-state index in [4.69, 9.17) is 11.6 Å². The number of aryl methyl sites for hydroxylation is 2. The van der Waals surface area contributed by atoms with Gasteiger partial charge < -0.3 is 5.32 Å². The van der Waals surface area contributed by atoms with E-state index in [1.54, 1.807) is 36.7 Å². The maximum Gasteiger partial charge on any atom is 0.312 e. The quantitative estimate of drug-likeness (QED) is 0.281. The van der Waals surface area contributed by atoms with Crippen molar-refractivity contribution in [3.63, 3.8) is 0 Å². The predicted molar refractivity (Wildman–Crippen MR) is 134 cm³/mol. The molecule has 1 amide bonds. The van der Waals surface area contributed by atoms with Gasteiger partial charge in [0.1, 0.15) is 11.4 Å². The zero-order valence-electron chi connectivity index (χ0n) is 19.9. The highest BCUT2D eigenvalue weighted by Gasteiger charge is 2.22. The summed E-state index contributed by atoms with van der Waals surface area (Å²) >= 11 is 6.30. The third kappa shape index (κ3) is 4.95. The fraction of sp³-hybridized carbons (Fsp3) is 0.240. The number of nitro groups is 1. The molecule has 0 atom stereocenters. The van der Waals surface area contributed by atoms with Crippen LogP contribution in [0.5, 0.6) is 0 Å². The van der Waals surface area contributed by atoms with Crippen molar-refractivity contribution in [1.82, 2.24) is 19.6 Å². The van der Waals surface area contributed by atoms with Crippen molar-refractivity contribution in [3.8, 4) is 0 Å². The van der Waals surface area contributed by atoms with Crippen molar-refractivity contribution < 1.29 is 9.72 Å². The highest BCUT2D eigenvalue weighted by Crippen LogP contribution is 2.25. The Morgan fingerprint density at radius 1 is 0.971 bits per heavy atom. The number of amides is 1. The molecule has 0 aliphatic heterocycles. The Kier molecular flexibility index (Phi) is 6.70. The molecule has 10 heteroatoms. The molecule has 2 aromatic heterocycles. The maximum atomic E-state index is 13.1. The second kappa shape index (κ2) is 9.71. The number of anilines is 1. The zero-order valence-corrected chi connectivity index (χ0v) is 20.6. The van der Waals surface area contributed by atoms with Gasteiger partial charge in [0.25, 0.3) is 5.91 Å². The summed E-state index contributed by atoms with van der Waals surface area (Å²) in [4.78, 5) is 23.9. The lowest BCUT2D eigenvalue weighted by Gasteiger charge is -2.10. The predicted octanol–water partition coefficient (Wildman–Crippen LogP) is 5.22. The van der Waals surface area contributed by atoms with Gasteiger partial charge in [0, 0.05) is 10.6 Å². The molecule has 9 nitrogen and oxygen atoms in total. The van der Waals surface area contributed by atoms with E-state index >= 15 is 0 Å². The van der Waals surface area contributed by atoms with Crippen LogP contribution in [0.2, 0.25) is 5.02 Å². The number of rotatable bonds is 7. The molecule has 0 aliphatic rings. The van der Waals surface area contributed by atoms with Gasteiger partial charge in [0.2, 0.25) is 0 Å². The Morgan fingerprint density at radius 2 is 1.66 bits per heavy atom. The Labute approximate surface area is 207 Å². The summed E-state index contributed by atoms with van der Waals surface area (Å²) in [5.74, 6) is -0.269. The van der Waals surface area contributed by atoms with Gasteiger partial charge in [0.15, 0.2) is 0 Å². The van der Waals surface area contributed by atoms with Gasteiger partial charge >= 0.3 is 5.69 Å². The minimum absolute atomic E-state index is 0.0126. The molecule has 35 heavy (non-hydrogen) atoms. The average molecular weight is 493 g/mol. The number of aromatic nitrogens is 4. The van der Waals surface area contributed by atoms with Crippen LogP contribution in [0.3, 0.4) is 0 Å². The molecular formula is C25H25ClN6O3. The summed E-state index contributed by atoms with van der Waals surface area (Å²) in [6.45, 7) is 7.83. The van der Waals surface area contributed by atoms with Crippen molar-refractivity contribution >= 4 is 28.9 Å². The lowest BCUT2D eigenvalue weighted by atomic mass is 10.1. The first kappa shape index (κ1) is 24.2. The van der Waals surface area contributed by atoms with Gasteiger partial charge in [-0.3, -0.25) is 24.3 Å². The second-order valence-electron chi connectivity index (χ2n) is 8.38. The van der Waals surface area contributed by atoms with E-state index in [2.05, 4.69) is 15.5 Å². The minimum atomic E-state index is -0.422. The first-order valence-electron chi connectivity index (χ1n) is 11.0. The minimum Gasteiger partial charge on any atom is -0.319 e. The molecule has 4 aromatic rings. The summed E-state index contributed by atoms with van der Waals surface area (Å²) < 4.78 is 3.40. The molecular weight excluding hydrogens is 468 g/mol. The van der Waals surface area contributed by atoms with Crippen LogP contribution in [0.15, 0.2) is 48.5 Å². The van der Waals surface area contributed by atoms with E-state index in [0.29, 0.717) is 46.4 Å². The molecule has 0 bridgehead atoms. The van der Waals surface area contributed by atoms with Gasteiger partial charge in [-0.25, -0.2) is 0 Å². The Hall–Kier alpha value is -3.98. The van der Waals surface area contributed by atoms with Gasteiger partial charge in [-0.1, -0.05) is 41.9 Å². The van der Waals surface area contributed by atoms with Crippen LogP contribution in [-0.2, 0) is 13.1 Å². The van der Waals surface area contributed by atoms with Crippen molar-refractivity contribution in [2.45, 2.75) is 40.8 Å². The summed E-state index contributed by atoms with van der Waals surface area (Å²) in [6, 6.07) is 14.7. The number of benzene rings is 2. The molecule has 2 aromatic carbocycles. The Bertz CT molecular complexity index is 1440. The largest absolute Gasteiger partial charge is 0.319 e. The summed E-state index contributed by atoms with van der Waals surface area (Å²) in [6.07, 6.45) is 0. The second-order valence-corrected chi connectivity index (χ2v) is 8.79. The number of hydrogen-bond acceptors (Lipinski definition) is 5. The molecule has 180 valence electrons. The zero-order chi connectivity index (χ0) is 25.3. The number of carbonyl (C=O) groups is 1. The molecule has 0 saturated heterocycles. The summed E-state index contributed by atoms with van der Waals surface area (Å²) in [5.41, 5.74) is 5.24. The number of halogens is 1. The molecule has 0 fully saturated rings. The van der Waals surface area contributed by atoms with Crippen LogP contribution in [0.4, 0.5) is 11.4 Å². The van der Waals surface area contributed by atoms with E-state index in [1.807, 2.05) is 48.9 Å². The molecule has 0 aliphatic carbocycles. The molecule has 4 rings (SSSR count). The smallest absolute Gasteiger partial charge is 0.312 e. The van der Waals surface area contributed by atoms with Crippen molar-refractivity contribution in [1.29, 1.82) is 0 Å². The molecule has 0 radical (unpaired) electrons. The topological polar surface area (TPSA) is 108 Å². The van der Waals surface area contributed by atoms with Crippen molar-refractivity contribution in [3.05, 3.63) is 103 Å². The standard InChI is InChI=1S/C25H25ClN6O3/c1-15-23(17(3)31(28-15)14-21-9-5-6-11-22(21)26)27-25(33)20-10-7-8-19(12-20)13-30-18(4)24(32(34)35)16(2)29-30/h5-12H,13-14H2,1-4H3,(H,27,33). The van der Waals surface area contributed by atoms with Crippen molar-refractivity contribution in [2.75, 3.05) is 5.32 Å². The maximum absolute atomic E-state index is 13.1. The number of nitrogens with one attached hydrogen (secondary N) is 1. The van der Waals surface area contributed by atoms with Crippen LogP contribution in [-0.4, -0.2) is 30.4 Å².